The van der Waals surface area contributed by atoms with Crippen molar-refractivity contribution in [2.45, 2.75) is 36.5 Å². The molecule has 1 N–H and O–H groups in total. The standard InChI is InChI=1S/C20H25NO2S/c1-21-13-5-8-19-18-7-4-3-6-15(18)9-10-16-11-12-17(14-20(16)19)24(2,22)23/h3-4,6-7,11-12,14,19,21H,5,8-10,13H2,1-2H3. The van der Waals surface area contributed by atoms with Gasteiger partial charge < -0.3 is 5.32 Å². The fourth-order valence-corrected chi connectivity index (χ4v) is 4.34. The molecule has 128 valence electrons. The highest BCUT2D eigenvalue weighted by Gasteiger charge is 2.24. The Labute approximate surface area is 145 Å². The van der Waals surface area contributed by atoms with Crippen LogP contribution in [0, 0.1) is 0 Å². The summed E-state index contributed by atoms with van der Waals surface area (Å²) in [4.78, 5) is 0.430. The molecule has 3 rings (SSSR count). The lowest BCUT2D eigenvalue weighted by Crippen LogP contribution is -2.11. The second kappa shape index (κ2) is 7.08. The summed E-state index contributed by atoms with van der Waals surface area (Å²) in [6.07, 6.45) is 5.37. The van der Waals surface area contributed by atoms with Crippen molar-refractivity contribution in [2.24, 2.45) is 0 Å². The molecular weight excluding hydrogens is 318 g/mol. The average Bonchev–Trinajstić information content (AvgIpc) is 2.71. The molecule has 0 bridgehead atoms. The summed E-state index contributed by atoms with van der Waals surface area (Å²) < 4.78 is 24.0. The summed E-state index contributed by atoms with van der Waals surface area (Å²) in [6, 6.07) is 14.3. The fourth-order valence-electron chi connectivity index (χ4n) is 3.69. The zero-order valence-electron chi connectivity index (χ0n) is 14.4. The maximum atomic E-state index is 12.0. The van der Waals surface area contributed by atoms with Crippen molar-refractivity contribution < 1.29 is 8.42 Å². The van der Waals surface area contributed by atoms with Crippen LogP contribution in [0.4, 0.5) is 0 Å². The molecule has 0 aliphatic heterocycles. The summed E-state index contributed by atoms with van der Waals surface area (Å²) in [5, 5.41) is 3.21. The predicted octanol–water partition coefficient (Wildman–Crippen LogP) is 3.32. The molecule has 1 unspecified atom stereocenters. The zero-order valence-corrected chi connectivity index (χ0v) is 15.2. The third-order valence-corrected chi connectivity index (χ3v) is 6.04. The van der Waals surface area contributed by atoms with Crippen LogP contribution in [0.15, 0.2) is 47.4 Å². The largest absolute Gasteiger partial charge is 0.320 e. The first-order valence-corrected chi connectivity index (χ1v) is 10.4. The third-order valence-electron chi connectivity index (χ3n) is 4.93. The van der Waals surface area contributed by atoms with E-state index in [4.69, 9.17) is 0 Å². The van der Waals surface area contributed by atoms with E-state index in [1.165, 1.54) is 28.5 Å². The van der Waals surface area contributed by atoms with Crippen molar-refractivity contribution in [1.29, 1.82) is 0 Å². The molecule has 0 heterocycles. The Kier molecular flexibility index (Phi) is 5.07. The van der Waals surface area contributed by atoms with Gasteiger partial charge in [0.1, 0.15) is 0 Å². The summed E-state index contributed by atoms with van der Waals surface area (Å²) in [5.74, 6) is 0.272. The summed E-state index contributed by atoms with van der Waals surface area (Å²) in [6.45, 7) is 0.972. The second-order valence-corrected chi connectivity index (χ2v) is 8.65. The van der Waals surface area contributed by atoms with E-state index in [1.54, 1.807) is 6.07 Å². The van der Waals surface area contributed by atoms with Gasteiger partial charge in [0.25, 0.3) is 0 Å². The van der Waals surface area contributed by atoms with Crippen LogP contribution >= 0.6 is 0 Å². The topological polar surface area (TPSA) is 46.2 Å². The molecule has 24 heavy (non-hydrogen) atoms. The van der Waals surface area contributed by atoms with Crippen LogP contribution in [0.3, 0.4) is 0 Å². The number of benzene rings is 2. The minimum absolute atomic E-state index is 0.272. The molecule has 0 saturated heterocycles. The Hall–Kier alpha value is -1.65. The molecule has 2 aromatic rings. The first-order chi connectivity index (χ1) is 11.5. The Morgan fingerprint density at radius 2 is 1.75 bits per heavy atom. The van der Waals surface area contributed by atoms with E-state index in [1.807, 2.05) is 19.2 Å². The molecule has 1 aliphatic carbocycles. The highest BCUT2D eigenvalue weighted by Crippen LogP contribution is 2.38. The van der Waals surface area contributed by atoms with Gasteiger partial charge >= 0.3 is 0 Å². The second-order valence-electron chi connectivity index (χ2n) is 6.63. The average molecular weight is 343 g/mol. The number of nitrogens with one attached hydrogen (secondary N) is 1. The smallest absolute Gasteiger partial charge is 0.175 e. The summed E-state index contributed by atoms with van der Waals surface area (Å²) in [5.41, 5.74) is 5.23. The van der Waals surface area contributed by atoms with Crippen LogP contribution in [-0.2, 0) is 22.7 Å². The maximum absolute atomic E-state index is 12.0. The van der Waals surface area contributed by atoms with Gasteiger partial charge in [0, 0.05) is 12.2 Å². The summed E-state index contributed by atoms with van der Waals surface area (Å²) >= 11 is 0. The molecule has 1 aliphatic rings. The van der Waals surface area contributed by atoms with Crippen molar-refractivity contribution in [2.75, 3.05) is 19.8 Å². The molecule has 0 radical (unpaired) electrons. The lowest BCUT2D eigenvalue weighted by Gasteiger charge is -2.21. The molecular formula is C20H25NO2S. The van der Waals surface area contributed by atoms with Crippen LogP contribution in [0.25, 0.3) is 0 Å². The van der Waals surface area contributed by atoms with Crippen LogP contribution in [0.1, 0.15) is 41.0 Å². The van der Waals surface area contributed by atoms with E-state index < -0.39 is 9.84 Å². The molecule has 1 atom stereocenters. The van der Waals surface area contributed by atoms with Crippen LogP contribution < -0.4 is 5.32 Å². The quantitative estimate of drug-likeness (QED) is 0.847. The van der Waals surface area contributed by atoms with Crippen molar-refractivity contribution in [3.8, 4) is 0 Å². The zero-order chi connectivity index (χ0) is 17.2. The molecule has 0 saturated carbocycles. The number of hydrogen-bond donors (Lipinski definition) is 1. The van der Waals surface area contributed by atoms with Gasteiger partial charge in [-0.1, -0.05) is 30.3 Å². The minimum atomic E-state index is -3.19. The van der Waals surface area contributed by atoms with E-state index in [2.05, 4.69) is 29.6 Å². The Bertz CT molecular complexity index is 827. The Morgan fingerprint density at radius 3 is 2.46 bits per heavy atom. The number of rotatable bonds is 5. The lowest BCUT2D eigenvalue weighted by atomic mass is 9.85. The molecule has 2 aromatic carbocycles. The van der Waals surface area contributed by atoms with E-state index in [9.17, 15) is 8.42 Å². The predicted molar refractivity (Wildman–Crippen MR) is 98.4 cm³/mol. The molecule has 0 aromatic heterocycles. The van der Waals surface area contributed by atoms with Gasteiger partial charge in [-0.25, -0.2) is 8.42 Å². The first kappa shape index (κ1) is 17.2. The highest BCUT2D eigenvalue weighted by atomic mass is 32.2. The van der Waals surface area contributed by atoms with Crippen molar-refractivity contribution in [3.63, 3.8) is 0 Å². The Balaban J connectivity index is 2.10. The van der Waals surface area contributed by atoms with E-state index >= 15 is 0 Å². The molecule has 4 heteroatoms. The van der Waals surface area contributed by atoms with Gasteiger partial charge in [0.05, 0.1) is 4.90 Å². The minimum Gasteiger partial charge on any atom is -0.320 e. The first-order valence-electron chi connectivity index (χ1n) is 8.56. The molecule has 3 nitrogen and oxygen atoms in total. The Morgan fingerprint density at radius 1 is 1.04 bits per heavy atom. The maximum Gasteiger partial charge on any atom is 0.175 e. The number of hydrogen-bond acceptors (Lipinski definition) is 3. The van der Waals surface area contributed by atoms with E-state index in [0.29, 0.717) is 4.90 Å². The SMILES string of the molecule is CNCCCC1c2ccccc2CCc2ccc(S(C)(=O)=O)cc21. The highest BCUT2D eigenvalue weighted by molar-refractivity contribution is 7.90. The number of sulfone groups is 1. The monoisotopic (exact) mass is 343 g/mol. The third kappa shape index (κ3) is 3.55. The van der Waals surface area contributed by atoms with Gasteiger partial charge in [0.15, 0.2) is 9.84 Å². The van der Waals surface area contributed by atoms with Gasteiger partial charge in [0.2, 0.25) is 0 Å². The number of fused-ring (bicyclic) bond motifs is 2. The van der Waals surface area contributed by atoms with Gasteiger partial charge in [-0.15, -0.1) is 0 Å². The van der Waals surface area contributed by atoms with Gasteiger partial charge in [-0.2, -0.15) is 0 Å². The number of aryl methyl sites for hydroxylation is 2. The van der Waals surface area contributed by atoms with Crippen LogP contribution in [0.5, 0.6) is 0 Å². The van der Waals surface area contributed by atoms with E-state index in [0.717, 1.165) is 32.2 Å². The van der Waals surface area contributed by atoms with Crippen molar-refractivity contribution in [3.05, 3.63) is 64.7 Å². The van der Waals surface area contributed by atoms with E-state index in [-0.39, 0.29) is 5.92 Å². The van der Waals surface area contributed by atoms with Crippen LogP contribution in [-0.4, -0.2) is 28.3 Å². The van der Waals surface area contributed by atoms with Crippen molar-refractivity contribution >= 4 is 9.84 Å². The normalized spacial score (nSPS) is 17.0. The van der Waals surface area contributed by atoms with Crippen LogP contribution in [0.2, 0.25) is 0 Å². The lowest BCUT2D eigenvalue weighted by molar-refractivity contribution is 0.600. The summed E-state index contributed by atoms with van der Waals surface area (Å²) in [7, 11) is -1.22. The molecule has 0 spiro atoms. The van der Waals surface area contributed by atoms with Gasteiger partial charge in [-0.05, 0) is 73.7 Å². The fraction of sp³-hybridized carbons (Fsp3) is 0.400. The molecule has 0 amide bonds. The molecule has 0 fully saturated rings. The van der Waals surface area contributed by atoms with Gasteiger partial charge in [-0.3, -0.25) is 0 Å². The van der Waals surface area contributed by atoms with Crippen molar-refractivity contribution in [1.82, 2.24) is 5.32 Å².